The molecule has 190 valence electrons. The molecule has 36 heavy (non-hydrogen) atoms. The molecule has 0 unspecified atom stereocenters. The number of piperazine rings is 1. The normalized spacial score (nSPS) is 14.6. The Morgan fingerprint density at radius 3 is 1.97 bits per heavy atom. The molecule has 0 N–H and O–H groups in total. The molecule has 1 fully saturated rings. The second-order valence-electron chi connectivity index (χ2n) is 9.09. The lowest BCUT2D eigenvalue weighted by Gasteiger charge is -2.40. The maximum Gasteiger partial charge on any atom is 0.243 e. The van der Waals surface area contributed by atoms with Crippen LogP contribution in [0.15, 0.2) is 78.9 Å². The van der Waals surface area contributed by atoms with E-state index in [1.54, 1.807) is 17.0 Å². The van der Waals surface area contributed by atoms with E-state index in [1.165, 1.54) is 18.2 Å². The third-order valence-corrected chi connectivity index (χ3v) is 7.67. The van der Waals surface area contributed by atoms with E-state index in [4.69, 9.17) is 4.74 Å². The second kappa shape index (κ2) is 11.1. The van der Waals surface area contributed by atoms with Crippen molar-refractivity contribution in [1.29, 1.82) is 0 Å². The third kappa shape index (κ3) is 5.88. The number of carbonyl (C=O) groups excluding carboxylic acids is 1. The molecule has 0 atom stereocenters. The summed E-state index contributed by atoms with van der Waals surface area (Å²) in [4.78, 5) is 17.4. The average Bonchev–Trinajstić information content (AvgIpc) is 2.88. The van der Waals surface area contributed by atoms with Crippen LogP contribution in [-0.2, 0) is 14.8 Å². The summed E-state index contributed by atoms with van der Waals surface area (Å²) >= 11 is 0. The Bertz CT molecular complexity index is 1240. The topological polar surface area (TPSA) is 70.2 Å². The summed E-state index contributed by atoms with van der Waals surface area (Å²) in [6.45, 7) is 4.04. The molecule has 3 aromatic rings. The van der Waals surface area contributed by atoms with Gasteiger partial charge in [0.15, 0.2) is 0 Å². The summed E-state index contributed by atoms with van der Waals surface area (Å²) in [5, 5.41) is 0. The molecule has 0 radical (unpaired) electrons. The summed E-state index contributed by atoms with van der Waals surface area (Å²) in [6.07, 6.45) is 1.12. The minimum Gasteiger partial charge on any atom is -0.495 e. The van der Waals surface area contributed by atoms with Gasteiger partial charge in [0.25, 0.3) is 0 Å². The van der Waals surface area contributed by atoms with Gasteiger partial charge in [-0.25, -0.2) is 8.42 Å². The molecule has 1 aliphatic heterocycles. The van der Waals surface area contributed by atoms with Gasteiger partial charge in [-0.15, -0.1) is 0 Å². The first-order valence-corrected chi connectivity index (χ1v) is 13.9. The van der Waals surface area contributed by atoms with Crippen molar-refractivity contribution in [2.75, 3.05) is 50.4 Å². The number of benzene rings is 3. The van der Waals surface area contributed by atoms with Crippen LogP contribution in [-0.4, -0.2) is 70.2 Å². The van der Waals surface area contributed by atoms with Crippen molar-refractivity contribution in [1.82, 2.24) is 9.80 Å². The zero-order chi connectivity index (χ0) is 25.7. The van der Waals surface area contributed by atoms with Crippen molar-refractivity contribution in [3.8, 4) is 5.75 Å². The fourth-order valence-electron chi connectivity index (χ4n) is 4.71. The van der Waals surface area contributed by atoms with Gasteiger partial charge in [-0.2, -0.15) is 0 Å². The molecule has 0 aromatic heterocycles. The van der Waals surface area contributed by atoms with Crippen molar-refractivity contribution in [2.24, 2.45) is 0 Å². The van der Waals surface area contributed by atoms with Gasteiger partial charge < -0.3 is 9.64 Å². The lowest BCUT2D eigenvalue weighted by Crippen LogP contribution is -2.52. The Morgan fingerprint density at radius 2 is 1.47 bits per heavy atom. The Hall–Kier alpha value is -3.36. The minimum atomic E-state index is -3.70. The quantitative estimate of drug-likeness (QED) is 0.465. The van der Waals surface area contributed by atoms with Gasteiger partial charge in [-0.05, 0) is 35.7 Å². The van der Waals surface area contributed by atoms with Crippen LogP contribution in [0, 0.1) is 6.92 Å². The van der Waals surface area contributed by atoms with Crippen LogP contribution in [0.3, 0.4) is 0 Å². The van der Waals surface area contributed by atoms with Crippen molar-refractivity contribution in [3.63, 3.8) is 0 Å². The van der Waals surface area contributed by atoms with E-state index < -0.39 is 10.0 Å². The zero-order valence-corrected chi connectivity index (χ0v) is 21.8. The van der Waals surface area contributed by atoms with Gasteiger partial charge in [0, 0.05) is 26.2 Å². The molecule has 7 nitrogen and oxygen atoms in total. The van der Waals surface area contributed by atoms with Crippen LogP contribution < -0.4 is 9.04 Å². The first-order chi connectivity index (χ1) is 17.3. The Morgan fingerprint density at radius 1 is 0.917 bits per heavy atom. The SMILES string of the molecule is COc1ccc(C)cc1N(CC(=O)N1CCN(C(c2ccccc2)c2ccccc2)CC1)S(C)(=O)=O. The number of nitrogens with zero attached hydrogens (tertiary/aromatic N) is 3. The van der Waals surface area contributed by atoms with E-state index >= 15 is 0 Å². The summed E-state index contributed by atoms with van der Waals surface area (Å²) in [5.74, 6) is 0.191. The molecule has 8 heteroatoms. The van der Waals surface area contributed by atoms with E-state index in [9.17, 15) is 13.2 Å². The largest absolute Gasteiger partial charge is 0.495 e. The lowest BCUT2D eigenvalue weighted by molar-refractivity contribution is -0.131. The first-order valence-electron chi connectivity index (χ1n) is 12.0. The first kappa shape index (κ1) is 25.7. The Kier molecular flexibility index (Phi) is 7.96. The van der Waals surface area contributed by atoms with Crippen LogP contribution in [0.5, 0.6) is 5.75 Å². The molecule has 1 saturated heterocycles. The van der Waals surface area contributed by atoms with Crippen molar-refractivity contribution in [2.45, 2.75) is 13.0 Å². The molecular formula is C28H33N3O4S. The maximum absolute atomic E-state index is 13.3. The van der Waals surface area contributed by atoms with Crippen LogP contribution in [0.1, 0.15) is 22.7 Å². The average molecular weight is 508 g/mol. The highest BCUT2D eigenvalue weighted by Gasteiger charge is 2.31. The molecule has 1 aliphatic rings. The fraction of sp³-hybridized carbons (Fsp3) is 0.321. The van der Waals surface area contributed by atoms with Crippen molar-refractivity contribution >= 4 is 21.6 Å². The number of rotatable bonds is 8. The zero-order valence-electron chi connectivity index (χ0n) is 21.0. The van der Waals surface area contributed by atoms with Crippen LogP contribution in [0.4, 0.5) is 5.69 Å². The van der Waals surface area contributed by atoms with Gasteiger partial charge in [0.05, 0.1) is 25.1 Å². The van der Waals surface area contributed by atoms with Gasteiger partial charge in [0.2, 0.25) is 15.9 Å². The lowest BCUT2D eigenvalue weighted by atomic mass is 9.96. The van der Waals surface area contributed by atoms with Crippen LogP contribution in [0.25, 0.3) is 0 Å². The van der Waals surface area contributed by atoms with E-state index in [0.717, 1.165) is 16.1 Å². The molecule has 1 heterocycles. The molecule has 4 rings (SSSR count). The van der Waals surface area contributed by atoms with E-state index in [2.05, 4.69) is 29.2 Å². The highest BCUT2D eigenvalue weighted by molar-refractivity contribution is 7.92. The maximum atomic E-state index is 13.3. The number of carbonyl (C=O) groups is 1. The number of hydrogen-bond donors (Lipinski definition) is 0. The number of sulfonamides is 1. The fourth-order valence-corrected chi connectivity index (χ4v) is 5.56. The van der Waals surface area contributed by atoms with Crippen molar-refractivity contribution < 1.29 is 17.9 Å². The summed E-state index contributed by atoms with van der Waals surface area (Å²) in [6, 6.07) is 26.1. The molecule has 0 aliphatic carbocycles. The molecule has 3 aromatic carbocycles. The highest BCUT2D eigenvalue weighted by atomic mass is 32.2. The molecular weight excluding hydrogens is 474 g/mol. The summed E-state index contributed by atoms with van der Waals surface area (Å²) in [5.41, 5.74) is 3.67. The van der Waals surface area contributed by atoms with E-state index in [1.807, 2.05) is 49.4 Å². The number of anilines is 1. The predicted molar refractivity (Wildman–Crippen MR) is 143 cm³/mol. The molecule has 0 bridgehead atoms. The Labute approximate surface area is 214 Å². The summed E-state index contributed by atoms with van der Waals surface area (Å²) < 4.78 is 31.9. The van der Waals surface area contributed by atoms with Gasteiger partial charge in [-0.1, -0.05) is 66.7 Å². The number of aryl methyl sites for hydroxylation is 1. The molecule has 0 spiro atoms. The molecule has 0 saturated carbocycles. The predicted octanol–water partition coefficient (Wildman–Crippen LogP) is 3.70. The Balaban J connectivity index is 1.50. The second-order valence-corrected chi connectivity index (χ2v) is 11.0. The van der Waals surface area contributed by atoms with Crippen LogP contribution in [0.2, 0.25) is 0 Å². The monoisotopic (exact) mass is 507 g/mol. The van der Waals surface area contributed by atoms with Gasteiger partial charge >= 0.3 is 0 Å². The van der Waals surface area contributed by atoms with Crippen LogP contribution >= 0.6 is 0 Å². The number of methoxy groups -OCH3 is 1. The van der Waals surface area contributed by atoms with Gasteiger partial charge in [-0.3, -0.25) is 14.0 Å². The smallest absolute Gasteiger partial charge is 0.243 e. The van der Waals surface area contributed by atoms with E-state index in [-0.39, 0.29) is 18.5 Å². The minimum absolute atomic E-state index is 0.0914. The van der Waals surface area contributed by atoms with Gasteiger partial charge in [0.1, 0.15) is 12.3 Å². The summed E-state index contributed by atoms with van der Waals surface area (Å²) in [7, 11) is -2.21. The number of ether oxygens (including phenoxy) is 1. The number of amides is 1. The highest BCUT2D eigenvalue weighted by Crippen LogP contribution is 2.32. The van der Waals surface area contributed by atoms with E-state index in [0.29, 0.717) is 37.6 Å². The third-order valence-electron chi connectivity index (χ3n) is 6.54. The number of hydrogen-bond acceptors (Lipinski definition) is 5. The molecule has 1 amide bonds. The standard InChI is InChI=1S/C28H33N3O4S/c1-22-14-15-26(35-2)25(20-22)31(36(3,33)34)21-27(32)29-16-18-30(19-17-29)28(23-10-6-4-7-11-23)24-12-8-5-9-13-24/h4-15,20,28H,16-19,21H2,1-3H3. The van der Waals surface area contributed by atoms with Crippen molar-refractivity contribution in [3.05, 3.63) is 95.6 Å².